The third-order valence-corrected chi connectivity index (χ3v) is 5.17. The molecule has 19 heavy (non-hydrogen) atoms. The first kappa shape index (κ1) is 14.8. The lowest BCUT2D eigenvalue weighted by Gasteiger charge is -2.17. The number of nitrogens with two attached hydrogens (primary N) is 1. The standard InChI is InChI=1S/C16H17Br2N/c1-9-8-15(18)11(3)7-13(9)16(19)12-4-5-14(17)10(2)6-12/h4-8,16H,19H2,1-3H3. The fourth-order valence-corrected chi connectivity index (χ4v) is 2.88. The number of hydrogen-bond acceptors (Lipinski definition) is 1. The lowest BCUT2D eigenvalue weighted by Crippen LogP contribution is -2.13. The van der Waals surface area contributed by atoms with E-state index in [-0.39, 0.29) is 6.04 Å². The molecule has 0 aliphatic heterocycles. The van der Waals surface area contributed by atoms with E-state index in [2.05, 4.69) is 83.0 Å². The largest absolute Gasteiger partial charge is 0.320 e. The molecule has 2 aromatic carbocycles. The second-order valence-corrected chi connectivity index (χ2v) is 6.65. The molecule has 3 heteroatoms. The molecule has 0 aliphatic rings. The predicted octanol–water partition coefficient (Wildman–Crippen LogP) is 5.18. The third kappa shape index (κ3) is 3.10. The summed E-state index contributed by atoms with van der Waals surface area (Å²) in [7, 11) is 0. The summed E-state index contributed by atoms with van der Waals surface area (Å²) in [5.41, 5.74) is 12.4. The van der Waals surface area contributed by atoms with Crippen LogP contribution in [0.4, 0.5) is 0 Å². The van der Waals surface area contributed by atoms with Crippen LogP contribution in [-0.2, 0) is 0 Å². The molecule has 0 fully saturated rings. The van der Waals surface area contributed by atoms with Crippen LogP contribution in [0.15, 0.2) is 39.3 Å². The third-order valence-electron chi connectivity index (χ3n) is 3.42. The highest BCUT2D eigenvalue weighted by molar-refractivity contribution is 9.10. The van der Waals surface area contributed by atoms with Crippen molar-refractivity contribution in [2.45, 2.75) is 26.8 Å². The molecule has 0 bridgehead atoms. The van der Waals surface area contributed by atoms with Gasteiger partial charge in [-0.05, 0) is 60.7 Å². The summed E-state index contributed by atoms with van der Waals surface area (Å²) in [5, 5.41) is 0. The van der Waals surface area contributed by atoms with Gasteiger partial charge in [0.2, 0.25) is 0 Å². The molecular formula is C16H17Br2N. The van der Waals surface area contributed by atoms with E-state index in [0.29, 0.717) is 0 Å². The van der Waals surface area contributed by atoms with Crippen molar-refractivity contribution in [1.82, 2.24) is 0 Å². The van der Waals surface area contributed by atoms with Gasteiger partial charge in [0.15, 0.2) is 0 Å². The first-order valence-electron chi connectivity index (χ1n) is 6.18. The summed E-state index contributed by atoms with van der Waals surface area (Å²) in [4.78, 5) is 0. The van der Waals surface area contributed by atoms with Crippen LogP contribution < -0.4 is 5.73 Å². The second kappa shape index (κ2) is 5.78. The average molecular weight is 383 g/mol. The Balaban J connectivity index is 2.46. The molecule has 0 heterocycles. The molecule has 0 saturated heterocycles. The summed E-state index contributed by atoms with van der Waals surface area (Å²) < 4.78 is 2.25. The Morgan fingerprint density at radius 2 is 1.47 bits per heavy atom. The molecule has 0 aliphatic carbocycles. The molecular weight excluding hydrogens is 366 g/mol. The number of rotatable bonds is 2. The molecule has 0 saturated carbocycles. The number of hydrogen-bond donors (Lipinski definition) is 1. The summed E-state index contributed by atoms with van der Waals surface area (Å²) in [6.07, 6.45) is 0. The van der Waals surface area contributed by atoms with Crippen LogP contribution in [-0.4, -0.2) is 0 Å². The molecule has 1 nitrogen and oxygen atoms in total. The van der Waals surface area contributed by atoms with Gasteiger partial charge < -0.3 is 5.73 Å². The van der Waals surface area contributed by atoms with Crippen molar-refractivity contribution in [3.63, 3.8) is 0 Å². The number of benzene rings is 2. The van der Waals surface area contributed by atoms with Gasteiger partial charge in [0, 0.05) is 8.95 Å². The maximum absolute atomic E-state index is 6.42. The summed E-state index contributed by atoms with van der Waals surface area (Å²) in [6.45, 7) is 6.28. The Morgan fingerprint density at radius 1 is 0.842 bits per heavy atom. The minimum atomic E-state index is -0.0846. The molecule has 100 valence electrons. The van der Waals surface area contributed by atoms with Gasteiger partial charge in [0.1, 0.15) is 0 Å². The van der Waals surface area contributed by atoms with Crippen molar-refractivity contribution in [2.75, 3.05) is 0 Å². The van der Waals surface area contributed by atoms with E-state index in [1.165, 1.54) is 22.3 Å². The zero-order valence-corrected chi connectivity index (χ0v) is 14.5. The van der Waals surface area contributed by atoms with Gasteiger partial charge in [-0.15, -0.1) is 0 Å². The van der Waals surface area contributed by atoms with Crippen LogP contribution in [0, 0.1) is 20.8 Å². The van der Waals surface area contributed by atoms with Gasteiger partial charge in [0.05, 0.1) is 6.04 Å². The second-order valence-electron chi connectivity index (χ2n) is 4.94. The van der Waals surface area contributed by atoms with Crippen LogP contribution in [0.3, 0.4) is 0 Å². The van der Waals surface area contributed by atoms with Crippen LogP contribution in [0.5, 0.6) is 0 Å². The van der Waals surface area contributed by atoms with Gasteiger partial charge in [-0.25, -0.2) is 0 Å². The topological polar surface area (TPSA) is 26.0 Å². The zero-order chi connectivity index (χ0) is 14.2. The van der Waals surface area contributed by atoms with Crippen LogP contribution >= 0.6 is 31.9 Å². The molecule has 0 radical (unpaired) electrons. The maximum atomic E-state index is 6.42. The average Bonchev–Trinajstić information content (AvgIpc) is 2.36. The van der Waals surface area contributed by atoms with E-state index in [4.69, 9.17) is 5.73 Å². The van der Waals surface area contributed by atoms with Crippen LogP contribution in [0.25, 0.3) is 0 Å². The van der Waals surface area contributed by atoms with Crippen molar-refractivity contribution in [2.24, 2.45) is 5.73 Å². The van der Waals surface area contributed by atoms with Crippen molar-refractivity contribution < 1.29 is 0 Å². The highest BCUT2D eigenvalue weighted by atomic mass is 79.9. The molecule has 2 N–H and O–H groups in total. The SMILES string of the molecule is Cc1cc(C(N)c2cc(C)c(Br)cc2C)ccc1Br. The molecule has 0 amide bonds. The zero-order valence-electron chi connectivity index (χ0n) is 11.3. The highest BCUT2D eigenvalue weighted by Gasteiger charge is 2.13. The monoisotopic (exact) mass is 381 g/mol. The van der Waals surface area contributed by atoms with E-state index in [9.17, 15) is 0 Å². The van der Waals surface area contributed by atoms with E-state index >= 15 is 0 Å². The molecule has 1 unspecified atom stereocenters. The highest BCUT2D eigenvalue weighted by Crippen LogP contribution is 2.29. The van der Waals surface area contributed by atoms with Crippen molar-refractivity contribution >= 4 is 31.9 Å². The molecule has 2 rings (SSSR count). The summed E-state index contributed by atoms with van der Waals surface area (Å²) >= 11 is 7.08. The minimum Gasteiger partial charge on any atom is -0.320 e. The predicted molar refractivity (Wildman–Crippen MR) is 88.5 cm³/mol. The Bertz CT molecular complexity index is 620. The number of aryl methyl sites for hydroxylation is 3. The molecule has 0 aromatic heterocycles. The summed E-state index contributed by atoms with van der Waals surface area (Å²) in [5.74, 6) is 0. The fraction of sp³-hybridized carbons (Fsp3) is 0.250. The Kier molecular flexibility index (Phi) is 4.49. The lowest BCUT2D eigenvalue weighted by atomic mass is 9.93. The Morgan fingerprint density at radius 3 is 2.11 bits per heavy atom. The van der Waals surface area contributed by atoms with E-state index < -0.39 is 0 Å². The smallest absolute Gasteiger partial charge is 0.0554 e. The van der Waals surface area contributed by atoms with Gasteiger partial charge in [-0.2, -0.15) is 0 Å². The van der Waals surface area contributed by atoms with Gasteiger partial charge >= 0.3 is 0 Å². The molecule has 2 aromatic rings. The van der Waals surface area contributed by atoms with Crippen LogP contribution in [0.1, 0.15) is 33.9 Å². The fourth-order valence-electron chi connectivity index (χ4n) is 2.18. The van der Waals surface area contributed by atoms with Crippen molar-refractivity contribution in [3.05, 3.63) is 67.1 Å². The molecule has 0 spiro atoms. The maximum Gasteiger partial charge on any atom is 0.0554 e. The summed E-state index contributed by atoms with van der Waals surface area (Å²) in [6, 6.07) is 10.5. The van der Waals surface area contributed by atoms with Crippen molar-refractivity contribution in [3.8, 4) is 0 Å². The van der Waals surface area contributed by atoms with E-state index in [1.54, 1.807) is 0 Å². The first-order chi connectivity index (χ1) is 8.90. The van der Waals surface area contributed by atoms with Gasteiger partial charge in [-0.1, -0.05) is 50.1 Å². The van der Waals surface area contributed by atoms with Gasteiger partial charge in [0.25, 0.3) is 0 Å². The van der Waals surface area contributed by atoms with Crippen LogP contribution in [0.2, 0.25) is 0 Å². The normalized spacial score (nSPS) is 12.5. The number of halogens is 2. The first-order valence-corrected chi connectivity index (χ1v) is 7.77. The Labute approximate surface area is 131 Å². The minimum absolute atomic E-state index is 0.0846. The molecule has 1 atom stereocenters. The van der Waals surface area contributed by atoms with Gasteiger partial charge in [-0.3, -0.25) is 0 Å². The van der Waals surface area contributed by atoms with E-state index in [0.717, 1.165) is 14.5 Å². The lowest BCUT2D eigenvalue weighted by molar-refractivity contribution is 0.857. The van der Waals surface area contributed by atoms with Crippen molar-refractivity contribution in [1.29, 1.82) is 0 Å². The Hall–Kier alpha value is -0.640. The van der Waals surface area contributed by atoms with E-state index in [1.807, 2.05) is 0 Å². The quantitative estimate of drug-likeness (QED) is 0.760.